The Morgan fingerprint density at radius 2 is 2.17 bits per heavy atom. The lowest BCUT2D eigenvalue weighted by Crippen LogP contribution is -2.54. The molecule has 0 bridgehead atoms. The zero-order valence-corrected chi connectivity index (χ0v) is 14.3. The highest BCUT2D eigenvalue weighted by molar-refractivity contribution is 5.91. The van der Waals surface area contributed by atoms with Gasteiger partial charge in [-0.3, -0.25) is 9.69 Å². The van der Waals surface area contributed by atoms with Crippen molar-refractivity contribution in [3.05, 3.63) is 41.7 Å². The van der Waals surface area contributed by atoms with Gasteiger partial charge >= 0.3 is 0 Å². The van der Waals surface area contributed by atoms with E-state index in [9.17, 15) is 9.18 Å². The molecule has 0 radical (unpaired) electrons. The number of amides is 1. The zero-order valence-electron chi connectivity index (χ0n) is 14.3. The van der Waals surface area contributed by atoms with Gasteiger partial charge in [0.15, 0.2) is 0 Å². The van der Waals surface area contributed by atoms with Crippen LogP contribution in [0.1, 0.15) is 39.2 Å². The van der Waals surface area contributed by atoms with Crippen molar-refractivity contribution >= 4 is 12.0 Å². The highest BCUT2D eigenvalue weighted by Crippen LogP contribution is 2.23. The van der Waals surface area contributed by atoms with Crippen molar-refractivity contribution < 1.29 is 9.18 Å². The molecular formula is C19H27FN2O. The van der Waals surface area contributed by atoms with Crippen molar-refractivity contribution in [1.29, 1.82) is 0 Å². The third kappa shape index (κ3) is 5.17. The van der Waals surface area contributed by atoms with Crippen LogP contribution in [-0.4, -0.2) is 36.0 Å². The molecule has 1 amide bonds. The maximum Gasteiger partial charge on any atom is 0.244 e. The summed E-state index contributed by atoms with van der Waals surface area (Å²) in [7, 11) is 0. The molecule has 0 aliphatic carbocycles. The minimum atomic E-state index is -0.320. The van der Waals surface area contributed by atoms with E-state index >= 15 is 0 Å². The normalized spacial score (nSPS) is 19.9. The molecule has 1 atom stereocenters. The van der Waals surface area contributed by atoms with Gasteiger partial charge in [0.25, 0.3) is 0 Å². The van der Waals surface area contributed by atoms with Crippen molar-refractivity contribution in [2.75, 3.05) is 19.6 Å². The molecule has 1 aromatic carbocycles. The van der Waals surface area contributed by atoms with Crippen LogP contribution < -0.4 is 5.32 Å². The Morgan fingerprint density at radius 3 is 2.87 bits per heavy atom. The molecule has 1 N–H and O–H groups in total. The first-order valence-corrected chi connectivity index (χ1v) is 8.34. The summed E-state index contributed by atoms with van der Waals surface area (Å²) in [5.74, 6) is 0.199. The number of hydrogen-bond acceptors (Lipinski definition) is 2. The number of hydrogen-bond donors (Lipinski definition) is 1. The summed E-state index contributed by atoms with van der Waals surface area (Å²) in [4.78, 5) is 14.4. The summed E-state index contributed by atoms with van der Waals surface area (Å²) in [5.41, 5.74) is 0.350. The van der Waals surface area contributed by atoms with E-state index in [2.05, 4.69) is 31.0 Å². The molecule has 23 heavy (non-hydrogen) atoms. The number of piperidine rings is 1. The fourth-order valence-electron chi connectivity index (χ4n) is 2.99. The first-order chi connectivity index (χ1) is 10.9. The van der Waals surface area contributed by atoms with E-state index < -0.39 is 0 Å². The molecule has 3 nitrogen and oxygen atoms in total. The zero-order chi connectivity index (χ0) is 16.9. The summed E-state index contributed by atoms with van der Waals surface area (Å²) < 4.78 is 13.5. The van der Waals surface area contributed by atoms with Crippen LogP contribution in [0.4, 0.5) is 4.39 Å². The third-order valence-corrected chi connectivity index (χ3v) is 4.53. The molecule has 2 rings (SSSR count). The van der Waals surface area contributed by atoms with Crippen LogP contribution in [0.5, 0.6) is 0 Å². The highest BCUT2D eigenvalue weighted by Gasteiger charge is 2.30. The molecule has 1 fully saturated rings. The minimum Gasteiger partial charge on any atom is -0.351 e. The average Bonchev–Trinajstić information content (AvgIpc) is 2.52. The Bertz CT molecular complexity index is 568. The number of likely N-dealkylation sites (tertiary alicyclic amines) is 1. The van der Waals surface area contributed by atoms with E-state index in [1.165, 1.54) is 31.1 Å². The monoisotopic (exact) mass is 318 g/mol. The first-order valence-electron chi connectivity index (χ1n) is 8.34. The van der Waals surface area contributed by atoms with Gasteiger partial charge in [0, 0.05) is 30.3 Å². The molecule has 1 aromatic rings. The van der Waals surface area contributed by atoms with E-state index in [-0.39, 0.29) is 17.3 Å². The lowest BCUT2D eigenvalue weighted by molar-refractivity contribution is -0.117. The third-order valence-electron chi connectivity index (χ3n) is 4.53. The van der Waals surface area contributed by atoms with Gasteiger partial charge in [-0.1, -0.05) is 25.1 Å². The molecule has 126 valence electrons. The number of halogens is 1. The van der Waals surface area contributed by atoms with Crippen molar-refractivity contribution in [3.8, 4) is 0 Å². The van der Waals surface area contributed by atoms with E-state index in [0.717, 1.165) is 13.1 Å². The summed E-state index contributed by atoms with van der Waals surface area (Å²) in [5, 5.41) is 2.93. The minimum absolute atomic E-state index is 0.0732. The topological polar surface area (TPSA) is 32.3 Å². The van der Waals surface area contributed by atoms with Crippen molar-refractivity contribution in [2.45, 2.75) is 39.2 Å². The second kappa shape index (κ2) is 7.73. The fraction of sp³-hybridized carbons (Fsp3) is 0.526. The van der Waals surface area contributed by atoms with E-state index in [4.69, 9.17) is 0 Å². The van der Waals surface area contributed by atoms with Gasteiger partial charge < -0.3 is 5.32 Å². The molecule has 1 aliphatic rings. The van der Waals surface area contributed by atoms with Gasteiger partial charge in [0.05, 0.1) is 0 Å². The number of benzene rings is 1. The predicted molar refractivity (Wildman–Crippen MR) is 92.5 cm³/mol. The van der Waals surface area contributed by atoms with Crippen LogP contribution in [0.15, 0.2) is 30.3 Å². The molecule has 0 aromatic heterocycles. The first kappa shape index (κ1) is 17.7. The fourth-order valence-corrected chi connectivity index (χ4v) is 2.99. The van der Waals surface area contributed by atoms with Crippen molar-refractivity contribution in [1.82, 2.24) is 10.2 Å². The maximum absolute atomic E-state index is 13.5. The lowest BCUT2D eigenvalue weighted by Gasteiger charge is -2.43. The summed E-state index contributed by atoms with van der Waals surface area (Å²) in [6, 6.07) is 6.42. The Kier molecular flexibility index (Phi) is 5.94. The number of nitrogens with zero attached hydrogens (tertiary/aromatic N) is 1. The van der Waals surface area contributed by atoms with E-state index in [0.29, 0.717) is 18.0 Å². The van der Waals surface area contributed by atoms with Crippen LogP contribution in [0.3, 0.4) is 0 Å². The van der Waals surface area contributed by atoms with Gasteiger partial charge in [0.1, 0.15) is 5.82 Å². The SMILES string of the molecule is CC1CCCN(C(C)(C)CNC(=O)/C=C/c2ccccc2F)C1. The van der Waals surface area contributed by atoms with Crippen molar-refractivity contribution in [3.63, 3.8) is 0 Å². The molecular weight excluding hydrogens is 291 g/mol. The summed E-state index contributed by atoms with van der Waals surface area (Å²) in [6.45, 7) is 9.34. The summed E-state index contributed by atoms with van der Waals surface area (Å²) >= 11 is 0. The van der Waals surface area contributed by atoms with E-state index in [1.54, 1.807) is 18.2 Å². The Labute approximate surface area is 138 Å². The molecule has 1 unspecified atom stereocenters. The van der Waals surface area contributed by atoms with E-state index in [1.807, 2.05) is 0 Å². The molecule has 0 saturated carbocycles. The van der Waals surface area contributed by atoms with Gasteiger partial charge in [-0.15, -0.1) is 0 Å². The lowest BCUT2D eigenvalue weighted by atomic mass is 9.93. The van der Waals surface area contributed by atoms with Crippen LogP contribution >= 0.6 is 0 Å². The van der Waals surface area contributed by atoms with Crippen molar-refractivity contribution in [2.24, 2.45) is 5.92 Å². The van der Waals surface area contributed by atoms with Gasteiger partial charge in [0.2, 0.25) is 5.91 Å². The molecule has 1 saturated heterocycles. The predicted octanol–water partition coefficient (Wildman–Crippen LogP) is 3.47. The maximum atomic E-state index is 13.5. The van der Waals surface area contributed by atoms with Crippen LogP contribution in [0.2, 0.25) is 0 Å². The standard InChI is InChI=1S/C19H27FN2O/c1-15-7-6-12-22(13-15)19(2,3)14-21-18(23)11-10-16-8-4-5-9-17(16)20/h4-5,8-11,15H,6-7,12-14H2,1-3H3,(H,21,23)/b11-10+. The smallest absolute Gasteiger partial charge is 0.244 e. The summed E-state index contributed by atoms with van der Waals surface area (Å²) in [6.07, 6.45) is 5.41. The average molecular weight is 318 g/mol. The number of carbonyl (C=O) groups excluding carboxylic acids is 1. The second-order valence-electron chi connectivity index (χ2n) is 7.08. The Balaban J connectivity index is 1.87. The van der Waals surface area contributed by atoms with Crippen LogP contribution in [0, 0.1) is 11.7 Å². The molecule has 1 heterocycles. The van der Waals surface area contributed by atoms with Gasteiger partial charge in [-0.2, -0.15) is 0 Å². The second-order valence-corrected chi connectivity index (χ2v) is 7.08. The molecule has 1 aliphatic heterocycles. The Morgan fingerprint density at radius 1 is 1.43 bits per heavy atom. The quantitative estimate of drug-likeness (QED) is 0.843. The Hall–Kier alpha value is -1.68. The van der Waals surface area contributed by atoms with Gasteiger partial charge in [-0.25, -0.2) is 4.39 Å². The van der Waals surface area contributed by atoms with Crippen LogP contribution in [-0.2, 0) is 4.79 Å². The molecule has 0 spiro atoms. The largest absolute Gasteiger partial charge is 0.351 e. The number of rotatable bonds is 5. The van der Waals surface area contributed by atoms with Crippen LogP contribution in [0.25, 0.3) is 6.08 Å². The number of carbonyl (C=O) groups is 1. The number of nitrogens with one attached hydrogen (secondary N) is 1. The molecule has 4 heteroatoms. The van der Waals surface area contributed by atoms with Gasteiger partial charge in [-0.05, 0) is 51.3 Å². The highest BCUT2D eigenvalue weighted by atomic mass is 19.1.